The molecule has 0 heterocycles. The lowest BCUT2D eigenvalue weighted by Gasteiger charge is -2.10. The second kappa shape index (κ2) is 6.31. The molecule has 0 spiro atoms. The van der Waals surface area contributed by atoms with Crippen LogP contribution in [0.25, 0.3) is 0 Å². The number of halogens is 1. The van der Waals surface area contributed by atoms with Crippen LogP contribution in [0.4, 0.5) is 5.69 Å². The van der Waals surface area contributed by atoms with Gasteiger partial charge >= 0.3 is 0 Å². The number of benzene rings is 2. The van der Waals surface area contributed by atoms with E-state index in [0.717, 1.165) is 10.0 Å². The molecule has 0 aliphatic rings. The van der Waals surface area contributed by atoms with E-state index < -0.39 is 0 Å². The molecule has 0 fully saturated rings. The third-order valence-corrected chi connectivity index (χ3v) is 3.45. The first-order valence-electron chi connectivity index (χ1n) is 5.88. The van der Waals surface area contributed by atoms with Crippen molar-refractivity contribution in [3.05, 3.63) is 52.0 Å². The van der Waals surface area contributed by atoms with E-state index in [2.05, 4.69) is 22.0 Å². The highest BCUT2D eigenvalue weighted by atomic mass is 79.9. The van der Waals surface area contributed by atoms with Crippen LogP contribution in [0.5, 0.6) is 11.5 Å². The molecule has 0 saturated carbocycles. The minimum Gasteiger partial charge on any atom is -0.497 e. The number of nitrogens with two attached hydrogens (primary N) is 1. The van der Waals surface area contributed by atoms with Crippen molar-refractivity contribution < 1.29 is 9.47 Å². The summed E-state index contributed by atoms with van der Waals surface area (Å²) in [6.07, 6.45) is 0. The largest absolute Gasteiger partial charge is 0.497 e. The Balaban J connectivity index is 2.16. The fourth-order valence-electron chi connectivity index (χ4n) is 1.68. The van der Waals surface area contributed by atoms with Gasteiger partial charge in [-0.2, -0.15) is 5.26 Å². The van der Waals surface area contributed by atoms with E-state index in [-0.39, 0.29) is 0 Å². The molecule has 0 aromatic heterocycles. The highest BCUT2D eigenvalue weighted by Crippen LogP contribution is 2.25. The highest BCUT2D eigenvalue weighted by Gasteiger charge is 2.05. The summed E-state index contributed by atoms with van der Waals surface area (Å²) in [6.45, 7) is 0.374. The lowest BCUT2D eigenvalue weighted by Crippen LogP contribution is -1.98. The molecule has 0 aliphatic heterocycles. The Morgan fingerprint density at radius 3 is 2.60 bits per heavy atom. The summed E-state index contributed by atoms with van der Waals surface area (Å²) >= 11 is 3.44. The van der Waals surface area contributed by atoms with Gasteiger partial charge in [0.05, 0.1) is 18.7 Å². The average Bonchev–Trinajstić information content (AvgIpc) is 2.46. The molecule has 0 atom stereocenters. The van der Waals surface area contributed by atoms with E-state index in [9.17, 15) is 0 Å². The van der Waals surface area contributed by atoms with E-state index in [4.69, 9.17) is 20.5 Å². The lowest BCUT2D eigenvalue weighted by molar-refractivity contribution is 0.303. The zero-order chi connectivity index (χ0) is 14.5. The Kier molecular flexibility index (Phi) is 4.49. The van der Waals surface area contributed by atoms with Gasteiger partial charge in [-0.1, -0.05) is 22.0 Å². The molecule has 2 N–H and O–H groups in total. The van der Waals surface area contributed by atoms with Crippen LogP contribution in [0.2, 0.25) is 0 Å². The maximum atomic E-state index is 8.96. The maximum absolute atomic E-state index is 8.96. The van der Waals surface area contributed by atoms with Crippen molar-refractivity contribution in [1.82, 2.24) is 0 Å². The third kappa shape index (κ3) is 3.43. The van der Waals surface area contributed by atoms with Crippen LogP contribution >= 0.6 is 15.9 Å². The minimum atomic E-state index is 0.374. The van der Waals surface area contributed by atoms with Crippen molar-refractivity contribution in [2.75, 3.05) is 12.8 Å². The number of nitrogens with zero attached hydrogens (tertiary/aromatic N) is 1. The smallest absolute Gasteiger partial charge is 0.124 e. The van der Waals surface area contributed by atoms with Gasteiger partial charge in [0, 0.05) is 21.8 Å². The molecule has 102 valence electrons. The third-order valence-electron chi connectivity index (χ3n) is 2.72. The molecule has 0 aliphatic carbocycles. The number of rotatable bonds is 4. The summed E-state index contributed by atoms with van der Waals surface area (Å²) < 4.78 is 11.7. The molecule has 5 heteroatoms. The summed E-state index contributed by atoms with van der Waals surface area (Å²) in [5, 5.41) is 8.96. The number of hydrogen-bond donors (Lipinski definition) is 1. The Hall–Kier alpha value is -2.19. The van der Waals surface area contributed by atoms with Crippen molar-refractivity contribution in [2.24, 2.45) is 0 Å². The number of ether oxygens (including phenoxy) is 2. The summed E-state index contributed by atoms with van der Waals surface area (Å²) in [5.41, 5.74) is 7.84. The fraction of sp³-hybridized carbons (Fsp3) is 0.133. The second-order valence-corrected chi connectivity index (χ2v) is 5.00. The van der Waals surface area contributed by atoms with Crippen molar-refractivity contribution in [2.45, 2.75) is 6.61 Å². The van der Waals surface area contributed by atoms with Gasteiger partial charge in [0.15, 0.2) is 0 Å². The van der Waals surface area contributed by atoms with Gasteiger partial charge in [-0.15, -0.1) is 0 Å². The summed E-state index contributed by atoms with van der Waals surface area (Å²) in [5.74, 6) is 1.18. The van der Waals surface area contributed by atoms with Crippen LogP contribution in [-0.2, 0) is 6.61 Å². The Morgan fingerprint density at radius 1 is 1.20 bits per heavy atom. The molecule has 2 aromatic rings. The molecular formula is C15H13BrN2O2. The Bertz CT molecular complexity index is 665. The van der Waals surface area contributed by atoms with E-state index in [1.165, 1.54) is 0 Å². The first-order valence-corrected chi connectivity index (χ1v) is 6.67. The summed E-state index contributed by atoms with van der Waals surface area (Å²) in [4.78, 5) is 0. The Morgan fingerprint density at radius 2 is 1.95 bits per heavy atom. The van der Waals surface area contributed by atoms with Crippen LogP contribution in [0.1, 0.15) is 11.1 Å². The predicted molar refractivity (Wildman–Crippen MR) is 80.6 cm³/mol. The molecule has 4 nitrogen and oxygen atoms in total. The van der Waals surface area contributed by atoms with Gasteiger partial charge in [0.25, 0.3) is 0 Å². The maximum Gasteiger partial charge on any atom is 0.124 e. The quantitative estimate of drug-likeness (QED) is 0.870. The summed E-state index contributed by atoms with van der Waals surface area (Å²) in [7, 11) is 1.55. The van der Waals surface area contributed by atoms with Gasteiger partial charge in [-0.05, 0) is 24.3 Å². The fourth-order valence-corrected chi connectivity index (χ4v) is 2.19. The topological polar surface area (TPSA) is 68.3 Å². The first kappa shape index (κ1) is 14.2. The van der Waals surface area contributed by atoms with E-state index in [1.807, 2.05) is 18.2 Å². The molecule has 0 saturated heterocycles. The van der Waals surface area contributed by atoms with Crippen molar-refractivity contribution in [3.8, 4) is 17.6 Å². The molecule has 2 rings (SSSR count). The number of nitriles is 1. The van der Waals surface area contributed by atoms with Gasteiger partial charge in [-0.3, -0.25) is 0 Å². The Labute approximate surface area is 125 Å². The minimum absolute atomic E-state index is 0.374. The number of nitrogen functional groups attached to an aromatic ring is 1. The zero-order valence-corrected chi connectivity index (χ0v) is 12.5. The predicted octanol–water partition coefficient (Wildman–Crippen LogP) is 3.49. The molecule has 0 unspecified atom stereocenters. The highest BCUT2D eigenvalue weighted by molar-refractivity contribution is 9.10. The number of anilines is 1. The standard InChI is InChI=1S/C15H13BrN2O2/c1-19-13-4-10(8-17)5-14(7-13)20-9-11-2-3-12(18)6-15(11)16/h2-7H,9,18H2,1H3. The van der Waals surface area contributed by atoms with Crippen LogP contribution in [0.3, 0.4) is 0 Å². The zero-order valence-electron chi connectivity index (χ0n) is 10.9. The van der Waals surface area contributed by atoms with E-state index >= 15 is 0 Å². The van der Waals surface area contributed by atoms with E-state index in [1.54, 1.807) is 25.3 Å². The van der Waals surface area contributed by atoms with Crippen molar-refractivity contribution >= 4 is 21.6 Å². The second-order valence-electron chi connectivity index (χ2n) is 4.15. The van der Waals surface area contributed by atoms with Crippen LogP contribution in [0.15, 0.2) is 40.9 Å². The molecule has 0 bridgehead atoms. The molecule has 0 amide bonds. The van der Waals surface area contributed by atoms with Gasteiger partial charge < -0.3 is 15.2 Å². The molecule has 0 radical (unpaired) electrons. The molecule has 2 aromatic carbocycles. The number of hydrogen-bond acceptors (Lipinski definition) is 4. The average molecular weight is 333 g/mol. The normalized spacial score (nSPS) is 9.85. The van der Waals surface area contributed by atoms with Gasteiger partial charge in [0.1, 0.15) is 18.1 Å². The van der Waals surface area contributed by atoms with Crippen LogP contribution < -0.4 is 15.2 Å². The SMILES string of the molecule is COc1cc(C#N)cc(OCc2ccc(N)cc2Br)c1. The van der Waals surface area contributed by atoms with Crippen molar-refractivity contribution in [1.29, 1.82) is 5.26 Å². The molecular weight excluding hydrogens is 320 g/mol. The first-order chi connectivity index (χ1) is 9.62. The number of methoxy groups -OCH3 is 1. The van der Waals surface area contributed by atoms with Crippen LogP contribution in [-0.4, -0.2) is 7.11 Å². The van der Waals surface area contributed by atoms with Gasteiger partial charge in [0.2, 0.25) is 0 Å². The van der Waals surface area contributed by atoms with Crippen molar-refractivity contribution in [3.63, 3.8) is 0 Å². The molecule has 20 heavy (non-hydrogen) atoms. The van der Waals surface area contributed by atoms with E-state index in [0.29, 0.717) is 29.4 Å². The summed E-state index contributed by atoms with van der Waals surface area (Å²) in [6, 6.07) is 12.7. The lowest BCUT2D eigenvalue weighted by atomic mass is 10.2. The van der Waals surface area contributed by atoms with Crippen LogP contribution in [0, 0.1) is 11.3 Å². The van der Waals surface area contributed by atoms with Gasteiger partial charge in [-0.25, -0.2) is 0 Å². The monoisotopic (exact) mass is 332 g/mol.